The first-order chi connectivity index (χ1) is 26.1. The molecule has 0 radical (unpaired) electrons. The molecule has 0 heterocycles. The maximum atomic E-state index is 12.6. The number of ether oxygens (including phenoxy) is 3. The van der Waals surface area contributed by atoms with E-state index in [0.29, 0.717) is 19.3 Å². The number of carboxylic acid groups (broad SMARTS) is 1. The molecule has 54 heavy (non-hydrogen) atoms. The molecule has 0 aromatic heterocycles. The fraction of sp³-hybridized carbons (Fsp3) is 0.717. The number of allylic oxidation sites excluding steroid dienone is 9. The maximum Gasteiger partial charge on any atom is 0.362 e. The van der Waals surface area contributed by atoms with Crippen LogP contribution in [0.25, 0.3) is 0 Å². The minimum Gasteiger partial charge on any atom is -0.477 e. The van der Waals surface area contributed by atoms with E-state index in [2.05, 4.69) is 62.5 Å². The Morgan fingerprint density at radius 3 is 1.46 bits per heavy atom. The monoisotopic (exact) mass is 759 g/mol. The lowest BCUT2D eigenvalue weighted by molar-refractivity contribution is -0.887. The van der Waals surface area contributed by atoms with Gasteiger partial charge >= 0.3 is 17.9 Å². The Kier molecular flexibility index (Phi) is 34.9. The minimum atomic E-state index is -0.890. The molecule has 0 aliphatic carbocycles. The SMILES string of the molecule is CC/C=C\C/C=C\C/C=C\C/C=C\C/C=C\CC(=O)OC(COCCC(C(=O)O)[N+](C)(C)C)COC(=O)CCCCCCCCCCCCCCCCC. The largest absolute Gasteiger partial charge is 0.477 e. The number of carboxylic acids is 1. The van der Waals surface area contributed by atoms with Crippen LogP contribution in [0.1, 0.15) is 162 Å². The van der Waals surface area contributed by atoms with Gasteiger partial charge in [0.1, 0.15) is 6.61 Å². The van der Waals surface area contributed by atoms with Crippen molar-refractivity contribution in [1.29, 1.82) is 0 Å². The fourth-order valence-electron chi connectivity index (χ4n) is 5.93. The van der Waals surface area contributed by atoms with Crippen molar-refractivity contribution in [3.63, 3.8) is 0 Å². The predicted molar refractivity (Wildman–Crippen MR) is 224 cm³/mol. The summed E-state index contributed by atoms with van der Waals surface area (Å²) in [5, 5.41) is 9.60. The van der Waals surface area contributed by atoms with E-state index in [9.17, 15) is 19.5 Å². The Morgan fingerprint density at radius 1 is 0.574 bits per heavy atom. The summed E-state index contributed by atoms with van der Waals surface area (Å²) in [6, 6.07) is -0.630. The molecule has 0 fully saturated rings. The summed E-state index contributed by atoms with van der Waals surface area (Å²) >= 11 is 0. The number of aliphatic carboxylic acids is 1. The van der Waals surface area contributed by atoms with Crippen molar-refractivity contribution in [2.75, 3.05) is 41.0 Å². The first-order valence-electron chi connectivity index (χ1n) is 21.3. The van der Waals surface area contributed by atoms with Gasteiger partial charge in [0.15, 0.2) is 12.1 Å². The third-order valence-corrected chi connectivity index (χ3v) is 9.21. The van der Waals surface area contributed by atoms with Crippen LogP contribution in [-0.2, 0) is 28.6 Å². The average Bonchev–Trinajstić information content (AvgIpc) is 3.12. The molecule has 0 rings (SSSR count). The second kappa shape index (κ2) is 37.0. The number of hydrogen-bond donors (Lipinski definition) is 1. The molecule has 0 spiro atoms. The van der Waals surface area contributed by atoms with Gasteiger partial charge in [-0.05, 0) is 38.5 Å². The van der Waals surface area contributed by atoms with Crippen molar-refractivity contribution in [3.05, 3.63) is 60.8 Å². The van der Waals surface area contributed by atoms with Gasteiger partial charge in [0, 0.05) is 12.8 Å². The summed E-state index contributed by atoms with van der Waals surface area (Å²) < 4.78 is 17.1. The standard InChI is InChI=1S/C46H79NO7/c1-6-8-10-12-14-16-18-20-22-24-26-28-30-32-34-36-44(48)53-41-42(40-52-39-38-43(46(50)51)47(3,4)5)54-45(49)37-35-33-31-29-27-25-23-21-19-17-15-13-11-9-7-2/h9,11,15,17,21,23,27,29,33,35,42-43H,6-8,10,12-14,16,18-20,22,24-26,28,30-32,34,36-41H2,1-5H3/p+1/b11-9-,17-15-,23-21-,29-27-,35-33-. The Hall–Kier alpha value is -2.97. The van der Waals surface area contributed by atoms with Crippen LogP contribution < -0.4 is 0 Å². The van der Waals surface area contributed by atoms with E-state index in [0.717, 1.165) is 44.9 Å². The minimum absolute atomic E-state index is 0.0210. The third kappa shape index (κ3) is 34.8. The van der Waals surface area contributed by atoms with Gasteiger partial charge in [-0.15, -0.1) is 0 Å². The number of carbonyl (C=O) groups is 3. The molecular weight excluding hydrogens is 679 g/mol. The number of hydrogen-bond acceptors (Lipinski definition) is 6. The number of esters is 2. The van der Waals surface area contributed by atoms with Crippen molar-refractivity contribution in [3.8, 4) is 0 Å². The molecule has 0 aliphatic rings. The van der Waals surface area contributed by atoms with Crippen LogP contribution in [0.4, 0.5) is 0 Å². The quantitative estimate of drug-likeness (QED) is 0.0291. The smallest absolute Gasteiger partial charge is 0.362 e. The van der Waals surface area contributed by atoms with Gasteiger partial charge in [0.25, 0.3) is 0 Å². The summed E-state index contributed by atoms with van der Waals surface area (Å²) in [6.07, 6.45) is 44.3. The molecule has 2 unspecified atom stereocenters. The van der Waals surface area contributed by atoms with Gasteiger partial charge in [-0.2, -0.15) is 0 Å². The molecule has 2 atom stereocenters. The van der Waals surface area contributed by atoms with Crippen LogP contribution in [-0.4, -0.2) is 80.6 Å². The summed E-state index contributed by atoms with van der Waals surface area (Å²) in [7, 11) is 5.49. The van der Waals surface area contributed by atoms with Crippen LogP contribution in [0, 0.1) is 0 Å². The summed E-state index contributed by atoms with van der Waals surface area (Å²) in [5.74, 6) is -1.63. The molecule has 0 aliphatic heterocycles. The number of carbonyl (C=O) groups excluding carboxylic acids is 2. The lowest BCUT2D eigenvalue weighted by Gasteiger charge is -2.31. The lowest BCUT2D eigenvalue weighted by Crippen LogP contribution is -2.50. The fourth-order valence-corrected chi connectivity index (χ4v) is 5.93. The zero-order valence-corrected chi connectivity index (χ0v) is 35.2. The summed E-state index contributed by atoms with van der Waals surface area (Å²) in [6.45, 7) is 4.51. The lowest BCUT2D eigenvalue weighted by atomic mass is 10.0. The zero-order chi connectivity index (χ0) is 40.0. The predicted octanol–water partition coefficient (Wildman–Crippen LogP) is 11.4. The molecule has 0 aromatic rings. The van der Waals surface area contributed by atoms with Gasteiger partial charge in [0.2, 0.25) is 0 Å². The van der Waals surface area contributed by atoms with E-state index < -0.39 is 24.1 Å². The van der Waals surface area contributed by atoms with E-state index in [4.69, 9.17) is 14.2 Å². The van der Waals surface area contributed by atoms with Crippen molar-refractivity contribution >= 4 is 17.9 Å². The normalized spacial score (nSPS) is 13.6. The van der Waals surface area contributed by atoms with Gasteiger partial charge in [0.05, 0.1) is 40.8 Å². The third-order valence-electron chi connectivity index (χ3n) is 9.21. The summed E-state index contributed by atoms with van der Waals surface area (Å²) in [4.78, 5) is 36.9. The van der Waals surface area contributed by atoms with Crippen LogP contribution in [0.15, 0.2) is 60.8 Å². The van der Waals surface area contributed by atoms with Crippen LogP contribution >= 0.6 is 0 Å². The van der Waals surface area contributed by atoms with Gasteiger partial charge in [-0.3, -0.25) is 9.59 Å². The molecule has 0 bridgehead atoms. The Bertz CT molecular complexity index is 1070. The second-order valence-corrected chi connectivity index (χ2v) is 15.2. The summed E-state index contributed by atoms with van der Waals surface area (Å²) in [5.41, 5.74) is 0. The Morgan fingerprint density at radius 2 is 1.02 bits per heavy atom. The Balaban J connectivity index is 4.49. The first kappa shape index (κ1) is 51.0. The zero-order valence-electron chi connectivity index (χ0n) is 35.2. The molecule has 8 nitrogen and oxygen atoms in total. The molecule has 0 saturated heterocycles. The van der Waals surface area contributed by atoms with Gasteiger partial charge in [-0.1, -0.05) is 164 Å². The van der Waals surface area contributed by atoms with Gasteiger partial charge < -0.3 is 23.8 Å². The van der Waals surface area contributed by atoms with Crippen LogP contribution in [0.2, 0.25) is 0 Å². The highest BCUT2D eigenvalue weighted by molar-refractivity contribution is 5.72. The van der Waals surface area contributed by atoms with Crippen LogP contribution in [0.5, 0.6) is 0 Å². The highest BCUT2D eigenvalue weighted by Crippen LogP contribution is 2.14. The van der Waals surface area contributed by atoms with Crippen molar-refractivity contribution in [2.45, 2.75) is 174 Å². The second-order valence-electron chi connectivity index (χ2n) is 15.2. The van der Waals surface area contributed by atoms with Crippen molar-refractivity contribution < 1.29 is 38.2 Å². The van der Waals surface area contributed by atoms with E-state index in [1.807, 2.05) is 27.2 Å². The molecule has 0 saturated carbocycles. The highest BCUT2D eigenvalue weighted by atomic mass is 16.6. The van der Waals surface area contributed by atoms with E-state index in [-0.39, 0.29) is 36.7 Å². The van der Waals surface area contributed by atoms with Crippen molar-refractivity contribution in [2.24, 2.45) is 0 Å². The average molecular weight is 759 g/mol. The van der Waals surface area contributed by atoms with E-state index in [1.54, 1.807) is 6.08 Å². The van der Waals surface area contributed by atoms with Gasteiger partial charge in [-0.25, -0.2) is 4.79 Å². The molecule has 0 amide bonds. The number of unbranched alkanes of at least 4 members (excludes halogenated alkanes) is 14. The molecule has 310 valence electrons. The Labute approximate surface area is 330 Å². The molecular formula is C46H80NO7+. The number of nitrogens with zero attached hydrogens (tertiary/aromatic N) is 1. The topological polar surface area (TPSA) is 99.1 Å². The number of quaternary nitrogens is 1. The van der Waals surface area contributed by atoms with Crippen LogP contribution in [0.3, 0.4) is 0 Å². The molecule has 8 heteroatoms. The molecule has 1 N–H and O–H groups in total. The maximum absolute atomic E-state index is 12.6. The van der Waals surface area contributed by atoms with E-state index >= 15 is 0 Å². The number of rotatable bonds is 37. The molecule has 0 aromatic carbocycles. The number of likely N-dealkylation sites (N-methyl/N-ethyl adjacent to an activating group) is 1. The van der Waals surface area contributed by atoms with Crippen molar-refractivity contribution in [1.82, 2.24) is 0 Å². The first-order valence-corrected chi connectivity index (χ1v) is 21.3. The van der Waals surface area contributed by atoms with E-state index in [1.165, 1.54) is 77.0 Å². The highest BCUT2D eigenvalue weighted by Gasteiger charge is 2.31.